The number of ether oxygens (including phenoxy) is 1. The van der Waals surface area contributed by atoms with Crippen LogP contribution in [-0.2, 0) is 19.1 Å². The van der Waals surface area contributed by atoms with Gasteiger partial charge in [0.25, 0.3) is 11.7 Å². The number of hydrogen-bond acceptors (Lipinski definition) is 14. The normalized spacial score (nSPS) is 10.4. The van der Waals surface area contributed by atoms with Crippen LogP contribution in [0, 0.1) is 0 Å². The third-order valence-electron chi connectivity index (χ3n) is 7.65. The van der Waals surface area contributed by atoms with Gasteiger partial charge in [-0.3, -0.25) is 34.5 Å². The van der Waals surface area contributed by atoms with E-state index < -0.39 is 35.4 Å². The number of carbonyl (C=O) groups excluding carboxylic acids is 6. The van der Waals surface area contributed by atoms with E-state index >= 15 is 0 Å². The number of aliphatic carboxylic acids is 1. The van der Waals surface area contributed by atoms with Crippen LogP contribution in [0.25, 0.3) is 22.2 Å². The zero-order chi connectivity index (χ0) is 42.8. The van der Waals surface area contributed by atoms with Crippen molar-refractivity contribution in [3.63, 3.8) is 0 Å². The topological polar surface area (TPSA) is 284 Å². The van der Waals surface area contributed by atoms with E-state index in [0.29, 0.717) is 33.3 Å². The Morgan fingerprint density at radius 2 is 1.34 bits per heavy atom. The number of nitrogens with two attached hydrogens (primary N) is 1. The number of para-hydroxylation sites is 3. The number of amides is 1. The molecule has 2 heterocycles. The van der Waals surface area contributed by atoms with Crippen molar-refractivity contribution in [1.29, 1.82) is 0 Å². The number of nitrogens with one attached hydrogen (secondary N) is 1. The minimum Gasteiger partial charge on any atom is -1.00 e. The van der Waals surface area contributed by atoms with Gasteiger partial charge in [0.2, 0.25) is 5.78 Å². The third kappa shape index (κ3) is 13.3. The van der Waals surface area contributed by atoms with Crippen molar-refractivity contribution >= 4 is 63.4 Å². The monoisotopic (exact) mass is 798 g/mol. The summed E-state index contributed by atoms with van der Waals surface area (Å²) in [7, 11) is 0. The van der Waals surface area contributed by atoms with Crippen LogP contribution in [0.5, 0.6) is 5.75 Å². The van der Waals surface area contributed by atoms with Crippen molar-refractivity contribution in [1.82, 2.24) is 4.98 Å². The van der Waals surface area contributed by atoms with Crippen LogP contribution in [0.4, 0.5) is 11.4 Å². The second-order valence-electron chi connectivity index (χ2n) is 11.5. The first-order valence-electron chi connectivity index (χ1n) is 16.7. The minimum atomic E-state index is -1.74. The summed E-state index contributed by atoms with van der Waals surface area (Å²) in [5.41, 5.74) is 8.49. The molecule has 300 valence electrons. The maximum atomic E-state index is 11.4. The number of carboxylic acids is 2. The number of aromatic carboxylic acids is 1. The fourth-order valence-corrected chi connectivity index (χ4v) is 5.00. The molecule has 0 radical (unpaired) electrons. The second kappa shape index (κ2) is 23.6. The molecule has 7 rings (SSSR count). The summed E-state index contributed by atoms with van der Waals surface area (Å²) in [4.78, 5) is 80.2. The number of pyridine rings is 1. The molecule has 0 bridgehead atoms. The Morgan fingerprint density at radius 3 is 1.92 bits per heavy atom. The molecule has 7 N–H and O–H groups in total. The van der Waals surface area contributed by atoms with Crippen molar-refractivity contribution in [2.24, 2.45) is 0 Å². The summed E-state index contributed by atoms with van der Waals surface area (Å²) < 4.78 is 4.57. The van der Waals surface area contributed by atoms with Gasteiger partial charge in [-0.15, -0.1) is 0 Å². The summed E-state index contributed by atoms with van der Waals surface area (Å²) in [6.45, 7) is 1.09. The molecule has 0 unspecified atom stereocenters. The van der Waals surface area contributed by atoms with Gasteiger partial charge >= 0.3 is 30.8 Å². The van der Waals surface area contributed by atoms with Crippen LogP contribution >= 0.6 is 0 Å². The predicted molar refractivity (Wildman–Crippen MR) is 211 cm³/mol. The van der Waals surface area contributed by atoms with Crippen LogP contribution in [-0.4, -0.2) is 73.5 Å². The molecular formula is C42H37LiN3O13-. The van der Waals surface area contributed by atoms with Gasteiger partial charge in [0, 0.05) is 36.1 Å². The fourth-order valence-electron chi connectivity index (χ4n) is 5.00. The van der Waals surface area contributed by atoms with Gasteiger partial charge in [0.1, 0.15) is 17.2 Å². The first-order valence-corrected chi connectivity index (χ1v) is 16.7. The van der Waals surface area contributed by atoms with Crippen molar-refractivity contribution < 1.29 is 85.8 Å². The Labute approximate surface area is 350 Å². The Morgan fingerprint density at radius 1 is 0.797 bits per heavy atom. The average Bonchev–Trinajstić information content (AvgIpc) is 3.53. The number of esters is 1. The van der Waals surface area contributed by atoms with Crippen molar-refractivity contribution in [3.05, 3.63) is 156 Å². The molecule has 0 aliphatic carbocycles. The molecule has 6 aromatic rings. The molecule has 59 heavy (non-hydrogen) atoms. The number of aromatic nitrogens is 1. The predicted octanol–water partition coefficient (Wildman–Crippen LogP) is 2.14. The van der Waals surface area contributed by atoms with E-state index in [2.05, 4.69) is 15.0 Å². The van der Waals surface area contributed by atoms with E-state index in [1.165, 1.54) is 25.1 Å². The van der Waals surface area contributed by atoms with E-state index in [4.69, 9.17) is 16.2 Å². The average molecular weight is 799 g/mol. The Hall–Kier alpha value is -7.48. The number of carboxylic acid groups (broad SMARTS) is 2. The fraction of sp³-hybridized carbons (Fsp3) is 0.0476. The first-order chi connectivity index (χ1) is 27.8. The summed E-state index contributed by atoms with van der Waals surface area (Å²) in [5, 5.41) is 44.6. The van der Waals surface area contributed by atoms with Crippen LogP contribution in [0.1, 0.15) is 51.2 Å². The van der Waals surface area contributed by atoms with E-state index in [0.717, 1.165) is 0 Å². The number of anilines is 2. The van der Waals surface area contributed by atoms with E-state index in [9.17, 15) is 48.9 Å². The molecule has 0 atom stereocenters. The molecule has 17 heteroatoms. The molecule has 16 nitrogen and oxygen atoms in total. The van der Waals surface area contributed by atoms with Gasteiger partial charge in [-0.2, -0.15) is 0 Å². The second-order valence-corrected chi connectivity index (χ2v) is 11.5. The summed E-state index contributed by atoms with van der Waals surface area (Å²) in [6, 6.07) is 37.4. The molecule has 5 aromatic carbocycles. The summed E-state index contributed by atoms with van der Waals surface area (Å²) in [6.07, 6.45) is 0. The molecule has 1 aromatic heterocycles. The number of Topliss-reactive ketones (excluding diaryl/α,β-unsaturated/α-hetero) is 3. The van der Waals surface area contributed by atoms with Crippen LogP contribution in [0.15, 0.2) is 133 Å². The molecule has 0 saturated carbocycles. The van der Waals surface area contributed by atoms with Gasteiger partial charge < -0.3 is 37.3 Å². The Balaban J connectivity index is 0.000000786. The number of nitrogen functional groups attached to an aromatic ring is 1. The summed E-state index contributed by atoms with van der Waals surface area (Å²) in [5.74, 6) is -5.91. The van der Waals surface area contributed by atoms with Crippen LogP contribution in [0.3, 0.4) is 0 Å². The van der Waals surface area contributed by atoms with Crippen molar-refractivity contribution in [3.8, 4) is 17.0 Å². The molecule has 1 amide bonds. The van der Waals surface area contributed by atoms with E-state index in [1.807, 2.05) is 24.3 Å². The Kier molecular flexibility index (Phi) is 19.0. The molecule has 1 aliphatic heterocycles. The maximum Gasteiger partial charge on any atom is 1.00 e. The third-order valence-corrected chi connectivity index (χ3v) is 7.65. The number of fused-ring (bicyclic) bond motifs is 2. The van der Waals surface area contributed by atoms with Crippen molar-refractivity contribution in [2.75, 3.05) is 17.7 Å². The summed E-state index contributed by atoms with van der Waals surface area (Å²) >= 11 is 0. The quantitative estimate of drug-likeness (QED) is 0.0257. The van der Waals surface area contributed by atoms with E-state index in [1.54, 1.807) is 91.0 Å². The largest absolute Gasteiger partial charge is 1.00 e. The van der Waals surface area contributed by atoms with Gasteiger partial charge in [-0.05, 0) is 30.3 Å². The minimum absolute atomic E-state index is 0. The van der Waals surface area contributed by atoms with Crippen LogP contribution in [0.2, 0.25) is 0 Å². The molecule has 0 fully saturated rings. The van der Waals surface area contributed by atoms with Gasteiger partial charge in [-0.1, -0.05) is 103 Å². The number of rotatable bonds is 7. The number of ketones is 3. The van der Waals surface area contributed by atoms with E-state index in [-0.39, 0.29) is 62.4 Å². The maximum absolute atomic E-state index is 11.4. The number of hydrogen-bond donors (Lipinski definition) is 6. The number of aromatic hydroxyl groups is 1. The van der Waals surface area contributed by atoms with Crippen molar-refractivity contribution in [2.45, 2.75) is 6.92 Å². The number of carbonyl (C=O) groups is 7. The standard InChI is InChI=1S/C16H11NO3.C10H10O3.C8H7NO3.C8H5NO2.Li.H2O2.H2.H/c18-15-13(16(19)20)11-8-4-5-9-12(11)17-14(15)10-6-2-1-3-7-10;1-8(11)13-7-10(12)9-5-3-2-4-6-9;9-6-4-2-1-3-5(6)7(10)8(11)12;10-7-5-3-1-2-4-6(5)9-8(7)11;;1-2;;/h1-9,18H,(H,19,20);2-6H,7H2,1H3;1-4H,9H2,(H,11,12);1-4H,(H,9,10,11);;1-2H;1H;/q;;;;+1;;;-1/p-1. The van der Waals surface area contributed by atoms with Gasteiger partial charge in [-0.25, -0.2) is 9.78 Å². The number of nitrogens with zero attached hydrogens (tertiary/aromatic N) is 1. The van der Waals surface area contributed by atoms with Gasteiger partial charge in [0.15, 0.2) is 18.1 Å². The molecule has 0 spiro atoms. The SMILES string of the molecule is CC(=O)OCC(=O)c1ccccc1.Nc1ccccc1C(=O)C(=O)[O-].O=C(O)c1c(O)c(-c2ccccc2)nc2ccccc12.O=C1Nc2ccccc2C1=O.OO.[H-].[HH].[Li+]. The molecule has 0 saturated heterocycles. The zero-order valence-corrected chi connectivity index (χ0v) is 31.4. The molecule has 1 aliphatic rings. The first kappa shape index (κ1) is 47.7. The molecular weight excluding hydrogens is 761 g/mol. The smallest absolute Gasteiger partial charge is 1.00 e. The zero-order valence-electron chi connectivity index (χ0n) is 32.4. The van der Waals surface area contributed by atoms with Gasteiger partial charge in [0.05, 0.1) is 16.8 Å². The van der Waals surface area contributed by atoms with Crippen LogP contribution < -0.4 is 35.0 Å². The Bertz CT molecular complexity index is 2460. The number of benzene rings is 5.